The molecule has 2 aromatic carbocycles. The van der Waals surface area contributed by atoms with E-state index in [9.17, 15) is 0 Å². The minimum atomic E-state index is 0.156. The summed E-state index contributed by atoms with van der Waals surface area (Å²) in [7, 11) is 4.79. The van der Waals surface area contributed by atoms with Gasteiger partial charge in [0.25, 0.3) is 0 Å². The lowest BCUT2D eigenvalue weighted by Crippen LogP contribution is -2.34. The van der Waals surface area contributed by atoms with Crippen LogP contribution >= 0.6 is 12.2 Å². The van der Waals surface area contributed by atoms with Gasteiger partial charge in [0.2, 0.25) is 5.75 Å². The number of rotatable bonds is 7. The second-order valence-corrected chi connectivity index (χ2v) is 7.92. The summed E-state index contributed by atoms with van der Waals surface area (Å²) in [5.74, 6) is 1.82. The average Bonchev–Trinajstić information content (AvgIpc) is 2.69. The number of benzene rings is 2. The normalized spacial score (nSPS) is 10.9. The van der Waals surface area contributed by atoms with E-state index in [4.69, 9.17) is 26.4 Å². The predicted molar refractivity (Wildman–Crippen MR) is 118 cm³/mol. The first-order valence-electron chi connectivity index (χ1n) is 9.18. The van der Waals surface area contributed by atoms with Gasteiger partial charge in [-0.3, -0.25) is 0 Å². The van der Waals surface area contributed by atoms with Gasteiger partial charge < -0.3 is 24.8 Å². The van der Waals surface area contributed by atoms with Gasteiger partial charge in [0.05, 0.1) is 21.3 Å². The van der Waals surface area contributed by atoms with Crippen molar-refractivity contribution in [3.05, 3.63) is 53.1 Å². The smallest absolute Gasteiger partial charge is 0.203 e. The predicted octanol–water partition coefficient (Wildman–Crippen LogP) is 4.17. The van der Waals surface area contributed by atoms with Crippen molar-refractivity contribution in [2.24, 2.45) is 0 Å². The van der Waals surface area contributed by atoms with Crippen LogP contribution in [0.3, 0.4) is 0 Å². The van der Waals surface area contributed by atoms with Crippen molar-refractivity contribution < 1.29 is 14.2 Å². The Morgan fingerprint density at radius 2 is 1.32 bits per heavy atom. The maximum Gasteiger partial charge on any atom is 0.203 e. The molecular weight excluding hydrogens is 372 g/mol. The summed E-state index contributed by atoms with van der Waals surface area (Å²) in [6.45, 7) is 7.85. The van der Waals surface area contributed by atoms with Crippen LogP contribution in [0.4, 0.5) is 0 Å². The minimum Gasteiger partial charge on any atom is -0.493 e. The van der Waals surface area contributed by atoms with Crippen LogP contribution in [0.25, 0.3) is 0 Å². The van der Waals surface area contributed by atoms with E-state index in [1.807, 2.05) is 12.1 Å². The zero-order valence-electron chi connectivity index (χ0n) is 17.5. The molecule has 2 N–H and O–H groups in total. The topological polar surface area (TPSA) is 51.8 Å². The van der Waals surface area contributed by atoms with E-state index in [1.54, 1.807) is 21.3 Å². The van der Waals surface area contributed by atoms with Crippen LogP contribution in [-0.4, -0.2) is 26.4 Å². The third kappa shape index (κ3) is 5.76. The highest BCUT2D eigenvalue weighted by Gasteiger charge is 2.14. The Morgan fingerprint density at radius 3 is 1.75 bits per heavy atom. The monoisotopic (exact) mass is 402 g/mol. The molecule has 5 nitrogen and oxygen atoms in total. The maximum atomic E-state index is 5.40. The Balaban J connectivity index is 1.92. The fraction of sp³-hybridized carbons (Fsp3) is 0.409. The fourth-order valence-corrected chi connectivity index (χ4v) is 2.93. The lowest BCUT2D eigenvalue weighted by molar-refractivity contribution is 0.323. The molecule has 0 amide bonds. The molecule has 0 bridgehead atoms. The first-order valence-corrected chi connectivity index (χ1v) is 9.59. The number of hydrogen-bond acceptors (Lipinski definition) is 4. The number of hydrogen-bond donors (Lipinski definition) is 2. The molecule has 0 aliphatic rings. The van der Waals surface area contributed by atoms with E-state index in [2.05, 4.69) is 55.7 Å². The molecule has 0 fully saturated rings. The van der Waals surface area contributed by atoms with Crippen molar-refractivity contribution in [2.45, 2.75) is 39.3 Å². The van der Waals surface area contributed by atoms with Crippen LogP contribution in [0.2, 0.25) is 0 Å². The average molecular weight is 403 g/mol. The van der Waals surface area contributed by atoms with E-state index in [0.29, 0.717) is 35.5 Å². The van der Waals surface area contributed by atoms with Crippen LogP contribution in [0.5, 0.6) is 17.2 Å². The van der Waals surface area contributed by atoms with Gasteiger partial charge in [-0.15, -0.1) is 0 Å². The van der Waals surface area contributed by atoms with Gasteiger partial charge in [-0.2, -0.15) is 0 Å². The van der Waals surface area contributed by atoms with E-state index in [1.165, 1.54) is 11.1 Å². The summed E-state index contributed by atoms with van der Waals surface area (Å²) < 4.78 is 16.1. The molecule has 0 aliphatic heterocycles. The second kappa shape index (κ2) is 9.64. The highest BCUT2D eigenvalue weighted by Crippen LogP contribution is 2.38. The molecule has 2 rings (SSSR count). The zero-order valence-corrected chi connectivity index (χ0v) is 18.3. The Kier molecular flexibility index (Phi) is 7.52. The molecule has 28 heavy (non-hydrogen) atoms. The Bertz CT molecular complexity index is 773. The van der Waals surface area contributed by atoms with Gasteiger partial charge in [-0.1, -0.05) is 45.0 Å². The molecule has 0 saturated carbocycles. The standard InChI is InChI=1S/C22H30N2O3S/c1-22(2,3)17-9-7-15(8-10-17)13-23-21(28)24-14-16-11-18(25-4)20(27-6)19(12-16)26-5/h7-12H,13-14H2,1-6H3,(H2,23,24,28). The van der Waals surface area contributed by atoms with Crippen molar-refractivity contribution >= 4 is 17.3 Å². The molecule has 0 aromatic heterocycles. The van der Waals surface area contributed by atoms with Crippen LogP contribution in [0, 0.1) is 0 Å². The Hall–Kier alpha value is -2.47. The molecule has 0 unspecified atom stereocenters. The van der Waals surface area contributed by atoms with Crippen molar-refractivity contribution in [2.75, 3.05) is 21.3 Å². The minimum absolute atomic E-state index is 0.156. The maximum absolute atomic E-state index is 5.40. The first-order chi connectivity index (χ1) is 13.3. The summed E-state index contributed by atoms with van der Waals surface area (Å²) in [4.78, 5) is 0. The summed E-state index contributed by atoms with van der Waals surface area (Å²) in [5.41, 5.74) is 3.64. The molecule has 0 heterocycles. The molecule has 0 aliphatic carbocycles. The summed E-state index contributed by atoms with van der Waals surface area (Å²) >= 11 is 5.40. The van der Waals surface area contributed by atoms with E-state index in [0.717, 1.165) is 5.56 Å². The second-order valence-electron chi connectivity index (χ2n) is 7.52. The molecule has 0 atom stereocenters. The fourth-order valence-electron chi connectivity index (χ4n) is 2.79. The van der Waals surface area contributed by atoms with E-state index < -0.39 is 0 Å². The summed E-state index contributed by atoms with van der Waals surface area (Å²) in [5, 5.41) is 7.04. The van der Waals surface area contributed by atoms with Gasteiger partial charge in [0.15, 0.2) is 16.6 Å². The molecule has 2 aromatic rings. The Morgan fingerprint density at radius 1 is 0.821 bits per heavy atom. The van der Waals surface area contributed by atoms with Crippen LogP contribution in [0.1, 0.15) is 37.5 Å². The summed E-state index contributed by atoms with van der Waals surface area (Å²) in [6, 6.07) is 12.4. The molecule has 152 valence electrons. The highest BCUT2D eigenvalue weighted by atomic mass is 32.1. The SMILES string of the molecule is COc1cc(CNC(=S)NCc2ccc(C(C)(C)C)cc2)cc(OC)c1OC. The van der Waals surface area contributed by atoms with Crippen molar-refractivity contribution in [1.82, 2.24) is 10.6 Å². The highest BCUT2D eigenvalue weighted by molar-refractivity contribution is 7.80. The van der Waals surface area contributed by atoms with Gasteiger partial charge in [-0.05, 0) is 46.5 Å². The van der Waals surface area contributed by atoms with Gasteiger partial charge in [-0.25, -0.2) is 0 Å². The van der Waals surface area contributed by atoms with Crippen molar-refractivity contribution in [3.63, 3.8) is 0 Å². The van der Waals surface area contributed by atoms with E-state index >= 15 is 0 Å². The number of ether oxygens (including phenoxy) is 3. The van der Waals surface area contributed by atoms with Crippen LogP contribution in [-0.2, 0) is 18.5 Å². The number of thiocarbonyl (C=S) groups is 1. The molecular formula is C22H30N2O3S. The number of nitrogens with one attached hydrogen (secondary N) is 2. The van der Waals surface area contributed by atoms with Gasteiger partial charge >= 0.3 is 0 Å². The van der Waals surface area contributed by atoms with Crippen molar-refractivity contribution in [1.29, 1.82) is 0 Å². The first kappa shape index (κ1) is 21.8. The van der Waals surface area contributed by atoms with Crippen LogP contribution < -0.4 is 24.8 Å². The molecule has 6 heteroatoms. The van der Waals surface area contributed by atoms with Gasteiger partial charge in [0.1, 0.15) is 0 Å². The molecule has 0 radical (unpaired) electrons. The Labute approximate surface area is 173 Å². The largest absolute Gasteiger partial charge is 0.493 e. The van der Waals surface area contributed by atoms with Gasteiger partial charge in [0, 0.05) is 13.1 Å². The summed E-state index contributed by atoms with van der Waals surface area (Å²) in [6.07, 6.45) is 0. The van der Waals surface area contributed by atoms with Crippen LogP contribution in [0.15, 0.2) is 36.4 Å². The third-order valence-electron chi connectivity index (χ3n) is 4.45. The third-order valence-corrected chi connectivity index (χ3v) is 4.74. The van der Waals surface area contributed by atoms with E-state index in [-0.39, 0.29) is 5.41 Å². The molecule has 0 spiro atoms. The molecule has 0 saturated heterocycles. The quantitative estimate of drug-likeness (QED) is 0.678. The lowest BCUT2D eigenvalue weighted by atomic mass is 9.87. The zero-order chi connectivity index (χ0) is 20.7. The number of methoxy groups -OCH3 is 3. The lowest BCUT2D eigenvalue weighted by Gasteiger charge is -2.19. The van der Waals surface area contributed by atoms with Crippen molar-refractivity contribution in [3.8, 4) is 17.2 Å².